The molecule has 0 aromatic carbocycles. The average Bonchev–Trinajstić information content (AvgIpc) is 2.24. The first-order valence-electron chi connectivity index (χ1n) is 4.85. The minimum absolute atomic E-state index is 0.629. The zero-order valence-electron chi connectivity index (χ0n) is 9.25. The van der Waals surface area contributed by atoms with Gasteiger partial charge in [0.05, 0.1) is 6.61 Å². The zero-order chi connectivity index (χ0) is 11.2. The molecule has 0 bridgehead atoms. The Labute approximate surface area is 87.3 Å². The van der Waals surface area contributed by atoms with Gasteiger partial charge in [-0.3, -0.25) is 11.3 Å². The first-order chi connectivity index (χ1) is 6.81. The second-order valence-electron chi connectivity index (χ2n) is 2.22. The normalized spacial score (nSPS) is 9.07. The second-order valence-corrected chi connectivity index (χ2v) is 2.22. The molecule has 82 valence electrons. The number of ether oxygens (including phenoxy) is 1. The monoisotopic (exact) mass is 198 g/mol. The lowest BCUT2D eigenvalue weighted by Crippen LogP contribution is -2.23. The van der Waals surface area contributed by atoms with Crippen LogP contribution in [0.2, 0.25) is 0 Å². The minimum atomic E-state index is 0.629. The van der Waals surface area contributed by atoms with Crippen LogP contribution in [0.25, 0.3) is 0 Å². The van der Waals surface area contributed by atoms with Gasteiger partial charge in [0.15, 0.2) is 0 Å². The summed E-state index contributed by atoms with van der Waals surface area (Å²) in [5.41, 5.74) is 2.54. The van der Waals surface area contributed by atoms with E-state index in [1.54, 1.807) is 18.2 Å². The van der Waals surface area contributed by atoms with Crippen LogP contribution in [0.15, 0.2) is 37.1 Å². The molecule has 0 aliphatic carbocycles. The Balaban J connectivity index is 0. The van der Waals surface area contributed by atoms with Gasteiger partial charge in [-0.1, -0.05) is 39.2 Å². The lowest BCUT2D eigenvalue weighted by molar-refractivity contribution is 0.221. The first kappa shape index (κ1) is 15.4. The van der Waals surface area contributed by atoms with E-state index in [9.17, 15) is 0 Å². The van der Waals surface area contributed by atoms with Crippen LogP contribution in [0.1, 0.15) is 20.3 Å². The highest BCUT2D eigenvalue weighted by Gasteiger charge is 1.88. The minimum Gasteiger partial charge on any atom is -0.494 e. The Bertz CT molecular complexity index is 165. The summed E-state index contributed by atoms with van der Waals surface area (Å²) in [6.07, 6.45) is 6.10. The van der Waals surface area contributed by atoms with Crippen molar-refractivity contribution < 1.29 is 4.74 Å². The largest absolute Gasteiger partial charge is 0.494 e. The van der Waals surface area contributed by atoms with E-state index in [4.69, 9.17) is 10.6 Å². The van der Waals surface area contributed by atoms with Gasteiger partial charge >= 0.3 is 0 Å². The molecule has 0 atom stereocenters. The molecule has 0 heterocycles. The molecule has 0 aliphatic heterocycles. The van der Waals surface area contributed by atoms with E-state index < -0.39 is 0 Å². The molecule has 0 aromatic rings. The van der Waals surface area contributed by atoms with Gasteiger partial charge in [-0.15, -0.1) is 0 Å². The Hall–Kier alpha value is -1.06. The van der Waals surface area contributed by atoms with Gasteiger partial charge in [-0.05, 0) is 12.5 Å². The van der Waals surface area contributed by atoms with Crippen molar-refractivity contribution in [3.63, 3.8) is 0 Å². The average molecular weight is 198 g/mol. The standard InChI is InChI=1S/C9H16N2O.C2H6/c1-3-4-6-9(2)12-8-5-7-11-10;1-2/h3-4,6,11H,1-2,5,7-8,10H2;1-2H3/b6-4-;. The van der Waals surface area contributed by atoms with Crippen molar-refractivity contribution in [1.29, 1.82) is 0 Å². The molecule has 0 saturated carbocycles. The molecule has 3 N–H and O–H groups in total. The molecular formula is C11H22N2O. The number of hydrazine groups is 1. The van der Waals surface area contributed by atoms with Crippen LogP contribution in [0.4, 0.5) is 0 Å². The second kappa shape index (κ2) is 14.5. The van der Waals surface area contributed by atoms with Crippen LogP contribution < -0.4 is 11.3 Å². The van der Waals surface area contributed by atoms with Crippen LogP contribution in [0.3, 0.4) is 0 Å². The van der Waals surface area contributed by atoms with Crippen molar-refractivity contribution in [3.8, 4) is 0 Å². The van der Waals surface area contributed by atoms with Crippen molar-refractivity contribution in [3.05, 3.63) is 37.1 Å². The molecule has 0 fully saturated rings. The molecule has 3 heteroatoms. The third-order valence-corrected chi connectivity index (χ3v) is 1.17. The predicted octanol–water partition coefficient (Wildman–Crippen LogP) is 2.14. The lowest BCUT2D eigenvalue weighted by atomic mass is 10.4. The van der Waals surface area contributed by atoms with Gasteiger partial charge in [0.25, 0.3) is 0 Å². The summed E-state index contributed by atoms with van der Waals surface area (Å²) >= 11 is 0. The van der Waals surface area contributed by atoms with Crippen molar-refractivity contribution in [2.75, 3.05) is 13.2 Å². The maximum Gasteiger partial charge on any atom is 0.112 e. The zero-order valence-corrected chi connectivity index (χ0v) is 9.25. The predicted molar refractivity (Wildman–Crippen MR) is 62.6 cm³/mol. The maximum atomic E-state index is 5.22. The molecule has 0 aromatic heterocycles. The lowest BCUT2D eigenvalue weighted by Gasteiger charge is -2.04. The molecule has 0 aliphatic rings. The molecule has 0 rings (SSSR count). The maximum absolute atomic E-state index is 5.22. The van der Waals surface area contributed by atoms with Crippen LogP contribution in [0.5, 0.6) is 0 Å². The Morgan fingerprint density at radius 1 is 1.50 bits per heavy atom. The fourth-order valence-corrected chi connectivity index (χ4v) is 0.601. The van der Waals surface area contributed by atoms with Crippen LogP contribution in [0, 0.1) is 0 Å². The SMILES string of the molecule is C=C/C=C\C(=C)OCCCNN.CC. The molecular weight excluding hydrogens is 176 g/mol. The number of allylic oxidation sites excluding steroid dienone is 3. The third kappa shape index (κ3) is 13.5. The van der Waals surface area contributed by atoms with Crippen molar-refractivity contribution >= 4 is 0 Å². The summed E-state index contributed by atoms with van der Waals surface area (Å²) in [6.45, 7) is 12.6. The third-order valence-electron chi connectivity index (χ3n) is 1.17. The van der Waals surface area contributed by atoms with Crippen LogP contribution >= 0.6 is 0 Å². The van der Waals surface area contributed by atoms with E-state index in [0.717, 1.165) is 13.0 Å². The highest BCUT2D eigenvalue weighted by atomic mass is 16.5. The number of rotatable bonds is 7. The van der Waals surface area contributed by atoms with Gasteiger partial charge in [-0.25, -0.2) is 0 Å². The fraction of sp³-hybridized carbons (Fsp3) is 0.455. The van der Waals surface area contributed by atoms with E-state index in [-0.39, 0.29) is 0 Å². The van der Waals surface area contributed by atoms with Crippen LogP contribution in [-0.4, -0.2) is 13.2 Å². The summed E-state index contributed by atoms with van der Waals surface area (Å²) in [5.74, 6) is 5.72. The molecule has 0 saturated heterocycles. The molecule has 3 nitrogen and oxygen atoms in total. The Morgan fingerprint density at radius 2 is 2.14 bits per heavy atom. The van der Waals surface area contributed by atoms with Gasteiger partial charge < -0.3 is 4.74 Å². The highest BCUT2D eigenvalue weighted by Crippen LogP contribution is 1.96. The van der Waals surface area contributed by atoms with E-state index in [2.05, 4.69) is 18.6 Å². The summed E-state index contributed by atoms with van der Waals surface area (Å²) in [6, 6.07) is 0. The molecule has 0 spiro atoms. The molecule has 0 radical (unpaired) electrons. The van der Waals surface area contributed by atoms with Gasteiger partial charge in [0.1, 0.15) is 5.76 Å². The summed E-state index contributed by atoms with van der Waals surface area (Å²) in [5, 5.41) is 0. The van der Waals surface area contributed by atoms with E-state index in [1.807, 2.05) is 13.8 Å². The van der Waals surface area contributed by atoms with Crippen molar-refractivity contribution in [1.82, 2.24) is 5.43 Å². The number of nitrogens with two attached hydrogens (primary N) is 1. The van der Waals surface area contributed by atoms with Gasteiger partial charge in [-0.2, -0.15) is 0 Å². The molecule has 0 amide bonds. The quantitative estimate of drug-likeness (QED) is 0.217. The van der Waals surface area contributed by atoms with E-state index in [0.29, 0.717) is 12.4 Å². The van der Waals surface area contributed by atoms with E-state index in [1.165, 1.54) is 0 Å². The number of nitrogens with one attached hydrogen (secondary N) is 1. The number of hydrogen-bond donors (Lipinski definition) is 2. The smallest absolute Gasteiger partial charge is 0.112 e. The van der Waals surface area contributed by atoms with Crippen LogP contribution in [-0.2, 0) is 4.74 Å². The highest BCUT2D eigenvalue weighted by molar-refractivity contribution is 5.12. The van der Waals surface area contributed by atoms with Gasteiger partial charge in [0.2, 0.25) is 0 Å². The molecule has 0 unspecified atom stereocenters. The number of hydrogen-bond acceptors (Lipinski definition) is 3. The van der Waals surface area contributed by atoms with Crippen molar-refractivity contribution in [2.24, 2.45) is 5.84 Å². The van der Waals surface area contributed by atoms with Gasteiger partial charge in [0, 0.05) is 6.54 Å². The fourth-order valence-electron chi connectivity index (χ4n) is 0.601. The first-order valence-corrected chi connectivity index (χ1v) is 4.85. The van der Waals surface area contributed by atoms with Crippen molar-refractivity contribution in [2.45, 2.75) is 20.3 Å². The summed E-state index contributed by atoms with van der Waals surface area (Å²) in [7, 11) is 0. The van der Waals surface area contributed by atoms with E-state index >= 15 is 0 Å². The summed E-state index contributed by atoms with van der Waals surface area (Å²) < 4.78 is 5.22. The molecule has 14 heavy (non-hydrogen) atoms. The Morgan fingerprint density at radius 3 is 2.64 bits per heavy atom. The Kier molecular flexibility index (Phi) is 15.9. The topological polar surface area (TPSA) is 47.3 Å². The summed E-state index contributed by atoms with van der Waals surface area (Å²) in [4.78, 5) is 0.